The van der Waals surface area contributed by atoms with Crippen LogP contribution in [0.3, 0.4) is 0 Å². The molecule has 0 aliphatic carbocycles. The van der Waals surface area contributed by atoms with Crippen LogP contribution in [0.15, 0.2) is 43.0 Å². The maximum Gasteiger partial charge on any atom is 0.410 e. The highest BCUT2D eigenvalue weighted by atomic mass is 35.5. The molecule has 0 saturated carbocycles. The molecule has 3 amide bonds. The number of methoxy groups -OCH3 is 1. The highest BCUT2D eigenvalue weighted by Gasteiger charge is 2.31. The normalized spacial score (nSPS) is 19.1. The number of aryl methyl sites for hydroxylation is 2. The maximum absolute atomic E-state index is 12.5. The molecule has 60 heavy (non-hydrogen) atoms. The molecule has 2 N–H and O–H groups in total. The standard InChI is InChI=1S/C29H38N6O5.C13H15ClN4O2/c1-18-15-31-35-17-22(32-27(26(18)35)39-19(2)21-14-25(36)30-16-21)20-7-8-23(24(13-20)38-6)33-9-11-34(12-10-33)28(37)40-29(3,4)5;1-7-4-16-18-6-10(14)17-13(12(7)18)20-8(2)9-3-11(19)15-5-9/h7-8,13,15,17,19,21H,9-12,14,16H2,1-6H3,(H,30,36);4,6,8-9H,3,5H2,1-2H3,(H,15,19)/t19-,21-;8-,9-/m11/s1. The number of carbonyl (C=O) groups excluding carboxylic acids is 3. The first-order valence-electron chi connectivity index (χ1n) is 20.2. The molecule has 3 aliphatic rings. The molecule has 0 bridgehead atoms. The third-order valence-electron chi connectivity index (χ3n) is 11.0. The number of piperazine rings is 1. The van der Waals surface area contributed by atoms with Gasteiger partial charge < -0.3 is 39.4 Å². The highest BCUT2D eigenvalue weighted by molar-refractivity contribution is 6.29. The molecule has 18 heteroatoms. The van der Waals surface area contributed by atoms with Gasteiger partial charge in [0, 0.05) is 80.6 Å². The molecule has 3 saturated heterocycles. The van der Waals surface area contributed by atoms with Crippen LogP contribution >= 0.6 is 11.6 Å². The predicted molar refractivity (Wildman–Crippen MR) is 225 cm³/mol. The summed E-state index contributed by atoms with van der Waals surface area (Å²) < 4.78 is 27.1. The van der Waals surface area contributed by atoms with Gasteiger partial charge in [0.1, 0.15) is 34.6 Å². The Morgan fingerprint density at radius 2 is 1.38 bits per heavy atom. The largest absolute Gasteiger partial charge is 0.495 e. The molecule has 5 aromatic rings. The Labute approximate surface area is 353 Å². The van der Waals surface area contributed by atoms with Crippen molar-refractivity contribution in [1.82, 2.24) is 44.7 Å². The molecule has 3 fully saturated rings. The third kappa shape index (κ3) is 9.46. The van der Waals surface area contributed by atoms with Crippen LogP contribution in [0.2, 0.25) is 5.15 Å². The van der Waals surface area contributed by atoms with E-state index in [1.807, 2.05) is 72.9 Å². The Bertz CT molecular complexity index is 2390. The molecule has 4 aromatic heterocycles. The zero-order valence-corrected chi connectivity index (χ0v) is 36.1. The average Bonchev–Trinajstić information content (AvgIpc) is 4.02. The number of hydrogen-bond donors (Lipinski definition) is 2. The van der Waals surface area contributed by atoms with Crippen molar-refractivity contribution >= 4 is 46.2 Å². The fourth-order valence-corrected chi connectivity index (χ4v) is 7.70. The summed E-state index contributed by atoms with van der Waals surface area (Å²) in [6.07, 6.45) is 7.37. The van der Waals surface area contributed by atoms with Gasteiger partial charge in [0.05, 0.1) is 43.3 Å². The minimum atomic E-state index is -0.519. The fraction of sp³-hybridized carbons (Fsp3) is 0.500. The molecule has 7 heterocycles. The van der Waals surface area contributed by atoms with Crippen molar-refractivity contribution < 1.29 is 33.3 Å². The van der Waals surface area contributed by atoms with Crippen molar-refractivity contribution in [2.24, 2.45) is 11.8 Å². The molecule has 0 unspecified atom stereocenters. The van der Waals surface area contributed by atoms with E-state index >= 15 is 0 Å². The predicted octanol–water partition coefficient (Wildman–Crippen LogP) is 5.27. The van der Waals surface area contributed by atoms with Crippen LogP contribution in [0.25, 0.3) is 22.3 Å². The van der Waals surface area contributed by atoms with Crippen molar-refractivity contribution in [1.29, 1.82) is 0 Å². The molecule has 17 nitrogen and oxygen atoms in total. The van der Waals surface area contributed by atoms with Crippen LogP contribution in [0, 0.1) is 25.7 Å². The number of carbonyl (C=O) groups is 3. The first kappa shape index (κ1) is 42.3. The Morgan fingerprint density at radius 3 is 1.90 bits per heavy atom. The molecule has 0 radical (unpaired) electrons. The summed E-state index contributed by atoms with van der Waals surface area (Å²) in [7, 11) is 1.65. The number of nitrogens with zero attached hydrogens (tertiary/aromatic N) is 8. The molecule has 1 aromatic carbocycles. The first-order chi connectivity index (χ1) is 28.6. The number of anilines is 1. The second-order valence-electron chi connectivity index (χ2n) is 16.6. The van der Waals surface area contributed by atoms with Gasteiger partial charge in [-0.25, -0.2) is 18.8 Å². The zero-order chi connectivity index (χ0) is 42.9. The fourth-order valence-electron chi connectivity index (χ4n) is 7.53. The summed E-state index contributed by atoms with van der Waals surface area (Å²) >= 11 is 5.98. The lowest BCUT2D eigenvalue weighted by Crippen LogP contribution is -2.50. The zero-order valence-electron chi connectivity index (χ0n) is 35.3. The molecule has 0 spiro atoms. The van der Waals surface area contributed by atoms with E-state index < -0.39 is 5.60 Å². The molecular weight excluding hydrogens is 792 g/mol. The van der Waals surface area contributed by atoms with E-state index in [-0.39, 0.29) is 42.0 Å². The number of aromatic nitrogens is 6. The van der Waals surface area contributed by atoms with E-state index in [2.05, 4.69) is 30.7 Å². The Morgan fingerprint density at radius 1 is 0.833 bits per heavy atom. The Balaban J connectivity index is 0.000000227. The van der Waals surface area contributed by atoms with Crippen molar-refractivity contribution in [2.75, 3.05) is 51.3 Å². The van der Waals surface area contributed by atoms with Crippen LogP contribution in [-0.2, 0) is 14.3 Å². The Hall–Kier alpha value is -5.84. The molecular formula is C42H53ClN10O7. The third-order valence-corrected chi connectivity index (χ3v) is 11.1. The van der Waals surface area contributed by atoms with Gasteiger partial charge in [-0.1, -0.05) is 17.7 Å². The van der Waals surface area contributed by atoms with Gasteiger partial charge in [-0.3, -0.25) is 9.59 Å². The van der Waals surface area contributed by atoms with Gasteiger partial charge in [-0.05, 0) is 60.6 Å². The Kier molecular flexibility index (Phi) is 12.3. The van der Waals surface area contributed by atoms with E-state index in [9.17, 15) is 14.4 Å². The summed E-state index contributed by atoms with van der Waals surface area (Å²) in [5.74, 6) is 2.00. The number of amides is 3. The molecule has 4 atom stereocenters. The lowest BCUT2D eigenvalue weighted by atomic mass is 10.0. The number of hydrogen-bond acceptors (Lipinski definition) is 12. The van der Waals surface area contributed by atoms with Gasteiger partial charge in [-0.2, -0.15) is 15.2 Å². The van der Waals surface area contributed by atoms with Crippen LogP contribution in [0.4, 0.5) is 10.5 Å². The summed E-state index contributed by atoms with van der Waals surface area (Å²) in [6.45, 7) is 17.1. The topological polar surface area (TPSA) is 179 Å². The first-order valence-corrected chi connectivity index (χ1v) is 20.6. The monoisotopic (exact) mass is 844 g/mol. The number of rotatable bonds is 9. The SMILES string of the molecule is COc1cc(-c2cn3ncc(C)c3c(O[C@H](C)[C@H]3CNC(=O)C3)n2)ccc1N1CCN(C(=O)OC(C)(C)C)CC1.Cc1cnn2cc(Cl)nc(O[C@H](C)[C@H]3CNC(=O)C3)c12. The van der Waals surface area contributed by atoms with Crippen LogP contribution < -0.4 is 29.7 Å². The smallest absolute Gasteiger partial charge is 0.410 e. The lowest BCUT2D eigenvalue weighted by Gasteiger charge is -2.37. The number of fused-ring (bicyclic) bond motifs is 2. The second-order valence-corrected chi connectivity index (χ2v) is 17.0. The van der Waals surface area contributed by atoms with Gasteiger partial charge in [0.25, 0.3) is 0 Å². The molecule has 320 valence electrons. The molecule has 8 rings (SSSR count). The van der Waals surface area contributed by atoms with E-state index in [1.54, 1.807) is 39.6 Å². The maximum atomic E-state index is 12.5. The van der Waals surface area contributed by atoms with Crippen LogP contribution in [-0.4, -0.2) is 116 Å². The highest BCUT2D eigenvalue weighted by Crippen LogP contribution is 2.36. The minimum absolute atomic E-state index is 0.0475. The van der Waals surface area contributed by atoms with Gasteiger partial charge in [0.2, 0.25) is 23.6 Å². The van der Waals surface area contributed by atoms with E-state index in [0.29, 0.717) is 80.5 Å². The van der Waals surface area contributed by atoms with Crippen LogP contribution in [0.1, 0.15) is 58.6 Å². The van der Waals surface area contributed by atoms with Crippen molar-refractivity contribution in [3.63, 3.8) is 0 Å². The quantitative estimate of drug-likeness (QED) is 0.197. The van der Waals surface area contributed by atoms with E-state index in [1.165, 1.54) is 0 Å². The summed E-state index contributed by atoms with van der Waals surface area (Å²) in [4.78, 5) is 48.6. The van der Waals surface area contributed by atoms with Crippen LogP contribution in [0.5, 0.6) is 17.5 Å². The second kappa shape index (κ2) is 17.4. The number of halogens is 1. The van der Waals surface area contributed by atoms with Crippen molar-refractivity contribution in [3.8, 4) is 28.8 Å². The number of ether oxygens (including phenoxy) is 4. The number of benzene rings is 1. The summed E-state index contributed by atoms with van der Waals surface area (Å²) in [5, 5.41) is 14.7. The van der Waals surface area contributed by atoms with Crippen molar-refractivity contribution in [3.05, 3.63) is 59.3 Å². The van der Waals surface area contributed by atoms with Gasteiger partial charge in [0.15, 0.2) is 5.15 Å². The lowest BCUT2D eigenvalue weighted by molar-refractivity contribution is -0.120. The summed E-state index contributed by atoms with van der Waals surface area (Å²) in [6, 6.07) is 6.00. The number of nitrogens with one attached hydrogen (secondary N) is 2. The summed E-state index contributed by atoms with van der Waals surface area (Å²) in [5.41, 5.74) is 5.52. The van der Waals surface area contributed by atoms with E-state index in [4.69, 9.17) is 35.5 Å². The minimum Gasteiger partial charge on any atom is -0.495 e. The average molecular weight is 845 g/mol. The van der Waals surface area contributed by atoms with Crippen molar-refractivity contribution in [2.45, 2.75) is 79.1 Å². The van der Waals surface area contributed by atoms with Gasteiger partial charge >= 0.3 is 6.09 Å². The van der Waals surface area contributed by atoms with E-state index in [0.717, 1.165) is 33.4 Å². The van der Waals surface area contributed by atoms with Gasteiger partial charge in [-0.15, -0.1) is 0 Å². The molecule has 3 aliphatic heterocycles.